The standard InChI is InChI=1S/C12H22O.C2H4O2/c1-4-10(3)11-8-6-7-9-12(11,13)5-2;1-2(3)4/h5,10-11,13H,2,4,6-9H2,1,3H3;1H3,(H,3,4). The van der Waals surface area contributed by atoms with Gasteiger partial charge < -0.3 is 10.2 Å². The first kappa shape index (κ1) is 16.2. The van der Waals surface area contributed by atoms with Crippen molar-refractivity contribution in [2.45, 2.75) is 58.5 Å². The van der Waals surface area contributed by atoms with Gasteiger partial charge in [-0.2, -0.15) is 0 Å². The number of hydrogen-bond acceptors (Lipinski definition) is 2. The molecule has 17 heavy (non-hydrogen) atoms. The SMILES string of the molecule is C=CC1(O)CCCCC1C(C)CC.CC(=O)O. The summed E-state index contributed by atoms with van der Waals surface area (Å²) in [7, 11) is 0. The molecule has 1 aliphatic rings. The highest BCUT2D eigenvalue weighted by molar-refractivity contribution is 5.62. The first-order chi connectivity index (χ1) is 7.87. The summed E-state index contributed by atoms with van der Waals surface area (Å²) in [6.45, 7) is 9.29. The highest BCUT2D eigenvalue weighted by Crippen LogP contribution is 2.40. The van der Waals surface area contributed by atoms with Gasteiger partial charge in [-0.1, -0.05) is 39.2 Å². The molecule has 0 spiro atoms. The van der Waals surface area contributed by atoms with Crippen LogP contribution >= 0.6 is 0 Å². The number of aliphatic carboxylic acids is 1. The predicted molar refractivity (Wildman–Crippen MR) is 69.9 cm³/mol. The number of carboxylic acid groups (broad SMARTS) is 1. The summed E-state index contributed by atoms with van der Waals surface area (Å²) < 4.78 is 0. The lowest BCUT2D eigenvalue weighted by atomic mass is 9.69. The minimum atomic E-state index is -0.833. The zero-order valence-electron chi connectivity index (χ0n) is 11.3. The zero-order valence-corrected chi connectivity index (χ0v) is 11.3. The number of carbonyl (C=O) groups is 1. The van der Waals surface area contributed by atoms with Crippen LogP contribution in [0.25, 0.3) is 0 Å². The molecule has 0 aromatic carbocycles. The van der Waals surface area contributed by atoms with E-state index < -0.39 is 11.6 Å². The first-order valence-corrected chi connectivity index (χ1v) is 6.42. The Morgan fingerprint density at radius 1 is 1.59 bits per heavy atom. The molecule has 3 unspecified atom stereocenters. The number of hydrogen-bond donors (Lipinski definition) is 2. The predicted octanol–water partition coefficient (Wildman–Crippen LogP) is 3.23. The lowest BCUT2D eigenvalue weighted by molar-refractivity contribution is -0.134. The monoisotopic (exact) mass is 242 g/mol. The molecule has 1 rings (SSSR count). The summed E-state index contributed by atoms with van der Waals surface area (Å²) in [4.78, 5) is 9.00. The molecular weight excluding hydrogens is 216 g/mol. The summed E-state index contributed by atoms with van der Waals surface area (Å²) in [6.07, 6.45) is 7.41. The first-order valence-electron chi connectivity index (χ1n) is 6.42. The molecule has 3 heteroatoms. The summed E-state index contributed by atoms with van der Waals surface area (Å²) >= 11 is 0. The topological polar surface area (TPSA) is 57.5 Å². The minimum absolute atomic E-state index is 0.434. The van der Waals surface area contributed by atoms with Crippen LogP contribution in [0.5, 0.6) is 0 Å². The smallest absolute Gasteiger partial charge is 0.300 e. The van der Waals surface area contributed by atoms with Crippen LogP contribution in [0.3, 0.4) is 0 Å². The summed E-state index contributed by atoms with van der Waals surface area (Å²) in [5, 5.41) is 17.7. The van der Waals surface area contributed by atoms with Crippen molar-refractivity contribution in [3.63, 3.8) is 0 Å². The summed E-state index contributed by atoms with van der Waals surface area (Å²) in [6, 6.07) is 0. The molecule has 1 fully saturated rings. The Hall–Kier alpha value is -0.830. The van der Waals surface area contributed by atoms with E-state index >= 15 is 0 Å². The van der Waals surface area contributed by atoms with E-state index in [9.17, 15) is 5.11 Å². The van der Waals surface area contributed by atoms with Gasteiger partial charge in [0.15, 0.2) is 0 Å². The van der Waals surface area contributed by atoms with Crippen LogP contribution in [0.15, 0.2) is 12.7 Å². The van der Waals surface area contributed by atoms with Crippen LogP contribution < -0.4 is 0 Å². The third-order valence-corrected chi connectivity index (χ3v) is 3.67. The second-order valence-electron chi connectivity index (χ2n) is 4.95. The Balaban J connectivity index is 0.000000557. The quantitative estimate of drug-likeness (QED) is 0.747. The fraction of sp³-hybridized carbons (Fsp3) is 0.786. The molecular formula is C14H26O3. The van der Waals surface area contributed by atoms with Crippen molar-refractivity contribution in [1.82, 2.24) is 0 Å². The lowest BCUT2D eigenvalue weighted by Crippen LogP contribution is -2.41. The average Bonchev–Trinajstić information content (AvgIpc) is 2.28. The van der Waals surface area contributed by atoms with Crippen molar-refractivity contribution in [3.05, 3.63) is 12.7 Å². The van der Waals surface area contributed by atoms with Crippen LogP contribution in [0.4, 0.5) is 0 Å². The highest BCUT2D eigenvalue weighted by Gasteiger charge is 2.38. The third-order valence-electron chi connectivity index (χ3n) is 3.67. The maximum Gasteiger partial charge on any atom is 0.300 e. The van der Waals surface area contributed by atoms with Crippen LogP contribution in [0.1, 0.15) is 52.9 Å². The number of rotatable bonds is 3. The molecule has 1 saturated carbocycles. The molecule has 0 aromatic heterocycles. The molecule has 0 bridgehead atoms. The van der Waals surface area contributed by atoms with E-state index in [0.29, 0.717) is 11.8 Å². The molecule has 0 heterocycles. The molecule has 100 valence electrons. The highest BCUT2D eigenvalue weighted by atomic mass is 16.4. The van der Waals surface area contributed by atoms with Crippen molar-refractivity contribution in [3.8, 4) is 0 Å². The van der Waals surface area contributed by atoms with Gasteiger partial charge in [0.2, 0.25) is 0 Å². The van der Waals surface area contributed by atoms with Crippen molar-refractivity contribution in [2.24, 2.45) is 11.8 Å². The molecule has 0 amide bonds. The molecule has 1 aliphatic carbocycles. The normalized spacial score (nSPS) is 29.8. The molecule has 3 atom stereocenters. The molecule has 0 aliphatic heterocycles. The van der Waals surface area contributed by atoms with E-state index in [2.05, 4.69) is 20.4 Å². The van der Waals surface area contributed by atoms with Crippen molar-refractivity contribution in [1.29, 1.82) is 0 Å². The minimum Gasteiger partial charge on any atom is -0.481 e. The Morgan fingerprint density at radius 2 is 2.12 bits per heavy atom. The van der Waals surface area contributed by atoms with Gasteiger partial charge in [0, 0.05) is 6.92 Å². The van der Waals surface area contributed by atoms with Gasteiger partial charge in [-0.05, 0) is 24.7 Å². The molecule has 0 aromatic rings. The van der Waals surface area contributed by atoms with Gasteiger partial charge in [-0.25, -0.2) is 0 Å². The summed E-state index contributed by atoms with van der Waals surface area (Å²) in [5.74, 6) is 0.215. The molecule has 0 saturated heterocycles. The maximum atomic E-state index is 10.3. The van der Waals surface area contributed by atoms with E-state index in [4.69, 9.17) is 9.90 Å². The molecule has 3 nitrogen and oxygen atoms in total. The van der Waals surface area contributed by atoms with E-state index in [1.54, 1.807) is 6.08 Å². The average molecular weight is 242 g/mol. The largest absolute Gasteiger partial charge is 0.481 e. The maximum absolute atomic E-state index is 10.3. The molecule has 0 radical (unpaired) electrons. The fourth-order valence-electron chi connectivity index (χ4n) is 2.52. The van der Waals surface area contributed by atoms with Crippen molar-refractivity contribution in [2.75, 3.05) is 0 Å². The van der Waals surface area contributed by atoms with Gasteiger partial charge >= 0.3 is 0 Å². The lowest BCUT2D eigenvalue weighted by Gasteiger charge is -2.41. The van der Waals surface area contributed by atoms with E-state index in [0.717, 1.165) is 32.6 Å². The van der Waals surface area contributed by atoms with Gasteiger partial charge in [0.1, 0.15) is 0 Å². The number of carboxylic acids is 1. The Kier molecular flexibility index (Phi) is 7.12. The third kappa shape index (κ3) is 5.35. The van der Waals surface area contributed by atoms with Crippen LogP contribution in [-0.4, -0.2) is 21.8 Å². The summed E-state index contributed by atoms with van der Waals surface area (Å²) in [5.41, 5.74) is -0.576. The van der Waals surface area contributed by atoms with Crippen LogP contribution in [0, 0.1) is 11.8 Å². The number of aliphatic hydroxyl groups is 1. The van der Waals surface area contributed by atoms with E-state index in [-0.39, 0.29) is 0 Å². The Bertz CT molecular complexity index is 246. The molecule has 2 N–H and O–H groups in total. The Morgan fingerprint density at radius 3 is 2.53 bits per heavy atom. The zero-order chi connectivity index (χ0) is 13.5. The van der Waals surface area contributed by atoms with Crippen molar-refractivity contribution >= 4 is 5.97 Å². The van der Waals surface area contributed by atoms with E-state index in [1.807, 2.05) is 0 Å². The second-order valence-corrected chi connectivity index (χ2v) is 4.95. The van der Waals surface area contributed by atoms with Crippen LogP contribution in [0.2, 0.25) is 0 Å². The van der Waals surface area contributed by atoms with Gasteiger partial charge in [-0.3, -0.25) is 4.79 Å². The van der Waals surface area contributed by atoms with E-state index in [1.165, 1.54) is 6.42 Å². The second kappa shape index (κ2) is 7.49. The fourth-order valence-corrected chi connectivity index (χ4v) is 2.52. The van der Waals surface area contributed by atoms with Crippen molar-refractivity contribution < 1.29 is 15.0 Å². The van der Waals surface area contributed by atoms with Gasteiger partial charge in [0.05, 0.1) is 5.60 Å². The van der Waals surface area contributed by atoms with Gasteiger partial charge in [-0.15, -0.1) is 6.58 Å². The van der Waals surface area contributed by atoms with Crippen LogP contribution in [-0.2, 0) is 4.79 Å². The van der Waals surface area contributed by atoms with Gasteiger partial charge in [0.25, 0.3) is 5.97 Å². The Labute approximate surface area is 105 Å².